The molecule has 0 aliphatic heterocycles. The van der Waals surface area contributed by atoms with Crippen LogP contribution in [-0.2, 0) is 17.6 Å². The summed E-state index contributed by atoms with van der Waals surface area (Å²) in [6.45, 7) is 5.09. The van der Waals surface area contributed by atoms with Crippen molar-refractivity contribution in [2.45, 2.75) is 58.1 Å². The van der Waals surface area contributed by atoms with Crippen LogP contribution in [0.25, 0.3) is 0 Å². The molecule has 3 nitrogen and oxygen atoms in total. The highest BCUT2D eigenvalue weighted by molar-refractivity contribution is 5.14. The fraction of sp³-hybridized carbons (Fsp3) is 0.706. The molecule has 0 bridgehead atoms. The summed E-state index contributed by atoms with van der Waals surface area (Å²) in [5, 5.41) is 3.44. The zero-order valence-electron chi connectivity index (χ0n) is 13.1. The van der Waals surface area contributed by atoms with E-state index in [0.717, 1.165) is 25.4 Å². The Hall–Kier alpha value is -0.930. The molecular formula is C17H28N2O. The standard InChI is InChI=1S/C17H28N2O/c1-4-13-6-7-15(19-12-13)11-16(18-3)8-14-9-17(10-14)20-5-2/h6-7,12,14,16-18H,4-5,8-11H2,1-3H3. The summed E-state index contributed by atoms with van der Waals surface area (Å²) in [5.41, 5.74) is 2.51. The van der Waals surface area contributed by atoms with Crippen LogP contribution in [0.5, 0.6) is 0 Å². The van der Waals surface area contributed by atoms with Crippen LogP contribution in [0.2, 0.25) is 0 Å². The molecule has 1 aliphatic carbocycles. The van der Waals surface area contributed by atoms with Crippen LogP contribution in [0.15, 0.2) is 18.3 Å². The summed E-state index contributed by atoms with van der Waals surface area (Å²) in [6.07, 6.45) is 8.31. The molecule has 1 N–H and O–H groups in total. The predicted molar refractivity (Wildman–Crippen MR) is 82.9 cm³/mol. The molecule has 0 amide bonds. The van der Waals surface area contributed by atoms with Crippen LogP contribution in [0.3, 0.4) is 0 Å². The van der Waals surface area contributed by atoms with E-state index >= 15 is 0 Å². The molecule has 1 aromatic rings. The van der Waals surface area contributed by atoms with Crippen molar-refractivity contribution in [1.29, 1.82) is 0 Å². The minimum absolute atomic E-state index is 0.518. The number of rotatable bonds is 8. The van der Waals surface area contributed by atoms with Gasteiger partial charge in [-0.3, -0.25) is 4.98 Å². The lowest BCUT2D eigenvalue weighted by Crippen LogP contribution is -2.38. The maximum Gasteiger partial charge on any atom is 0.0580 e. The van der Waals surface area contributed by atoms with Crippen molar-refractivity contribution in [2.24, 2.45) is 5.92 Å². The highest BCUT2D eigenvalue weighted by Crippen LogP contribution is 2.33. The second-order valence-corrected chi connectivity index (χ2v) is 5.85. The van der Waals surface area contributed by atoms with Gasteiger partial charge in [-0.25, -0.2) is 0 Å². The third kappa shape index (κ3) is 4.29. The number of ether oxygens (including phenoxy) is 1. The molecule has 1 saturated carbocycles. The Balaban J connectivity index is 1.77. The fourth-order valence-electron chi connectivity index (χ4n) is 2.98. The predicted octanol–water partition coefficient (Wildman–Crippen LogP) is 2.98. The Labute approximate surface area is 123 Å². The first-order valence-corrected chi connectivity index (χ1v) is 7.97. The van der Waals surface area contributed by atoms with Gasteiger partial charge in [0.2, 0.25) is 0 Å². The van der Waals surface area contributed by atoms with E-state index in [4.69, 9.17) is 4.74 Å². The van der Waals surface area contributed by atoms with Crippen molar-refractivity contribution < 1.29 is 4.74 Å². The smallest absolute Gasteiger partial charge is 0.0580 e. The SMILES string of the molecule is CCOC1CC(CC(Cc2ccc(CC)cn2)NC)C1. The Bertz CT molecular complexity index is 384. The minimum atomic E-state index is 0.518. The maximum absolute atomic E-state index is 5.63. The van der Waals surface area contributed by atoms with Crippen molar-refractivity contribution in [2.75, 3.05) is 13.7 Å². The van der Waals surface area contributed by atoms with E-state index in [2.05, 4.69) is 43.3 Å². The van der Waals surface area contributed by atoms with Gasteiger partial charge in [-0.15, -0.1) is 0 Å². The van der Waals surface area contributed by atoms with Gasteiger partial charge in [0, 0.05) is 31.0 Å². The molecule has 1 aliphatic rings. The lowest BCUT2D eigenvalue weighted by Gasteiger charge is -2.37. The van der Waals surface area contributed by atoms with Gasteiger partial charge >= 0.3 is 0 Å². The normalized spacial score (nSPS) is 23.4. The van der Waals surface area contributed by atoms with Crippen molar-refractivity contribution in [3.8, 4) is 0 Å². The zero-order valence-corrected chi connectivity index (χ0v) is 13.1. The first kappa shape index (κ1) is 15.5. The Morgan fingerprint density at radius 1 is 1.35 bits per heavy atom. The van der Waals surface area contributed by atoms with E-state index in [1.54, 1.807) is 0 Å². The second-order valence-electron chi connectivity index (χ2n) is 5.85. The number of aromatic nitrogens is 1. The van der Waals surface area contributed by atoms with Crippen molar-refractivity contribution in [3.63, 3.8) is 0 Å². The summed E-state index contributed by atoms with van der Waals surface area (Å²) in [4.78, 5) is 4.57. The highest BCUT2D eigenvalue weighted by atomic mass is 16.5. The zero-order chi connectivity index (χ0) is 14.4. The number of aryl methyl sites for hydroxylation is 1. The fourth-order valence-corrected chi connectivity index (χ4v) is 2.98. The summed E-state index contributed by atoms with van der Waals surface area (Å²) in [5.74, 6) is 0.818. The van der Waals surface area contributed by atoms with Gasteiger partial charge in [-0.05, 0) is 57.2 Å². The van der Waals surface area contributed by atoms with E-state index in [0.29, 0.717) is 12.1 Å². The number of nitrogens with one attached hydrogen (secondary N) is 1. The number of nitrogens with zero attached hydrogens (tertiary/aromatic N) is 1. The molecule has 112 valence electrons. The van der Waals surface area contributed by atoms with Crippen LogP contribution in [0.4, 0.5) is 0 Å². The number of likely N-dealkylation sites (N-methyl/N-ethyl adjacent to an activating group) is 1. The number of hydrogen-bond donors (Lipinski definition) is 1. The largest absolute Gasteiger partial charge is 0.378 e. The molecule has 0 radical (unpaired) electrons. The second kappa shape index (κ2) is 7.75. The van der Waals surface area contributed by atoms with Crippen molar-refractivity contribution in [1.82, 2.24) is 10.3 Å². The maximum atomic E-state index is 5.63. The van der Waals surface area contributed by atoms with Crippen molar-refractivity contribution in [3.05, 3.63) is 29.6 Å². The topological polar surface area (TPSA) is 34.1 Å². The van der Waals surface area contributed by atoms with Crippen LogP contribution >= 0.6 is 0 Å². The lowest BCUT2D eigenvalue weighted by atomic mass is 9.77. The average Bonchev–Trinajstić information content (AvgIpc) is 2.44. The van der Waals surface area contributed by atoms with Crippen LogP contribution in [-0.4, -0.2) is 30.8 Å². The molecule has 1 atom stereocenters. The van der Waals surface area contributed by atoms with E-state index in [9.17, 15) is 0 Å². The quantitative estimate of drug-likeness (QED) is 0.792. The molecule has 1 fully saturated rings. The van der Waals surface area contributed by atoms with Gasteiger partial charge < -0.3 is 10.1 Å². The molecule has 0 saturated heterocycles. The summed E-state index contributed by atoms with van der Waals surface area (Å²) >= 11 is 0. The molecule has 3 heteroatoms. The Morgan fingerprint density at radius 3 is 2.70 bits per heavy atom. The van der Waals surface area contributed by atoms with Gasteiger partial charge in [0.05, 0.1) is 6.10 Å². The average molecular weight is 276 g/mol. The third-order valence-electron chi connectivity index (χ3n) is 4.37. The Kier molecular flexibility index (Phi) is 5.99. The van der Waals surface area contributed by atoms with E-state index < -0.39 is 0 Å². The molecule has 20 heavy (non-hydrogen) atoms. The monoisotopic (exact) mass is 276 g/mol. The highest BCUT2D eigenvalue weighted by Gasteiger charge is 2.31. The number of pyridine rings is 1. The van der Waals surface area contributed by atoms with E-state index in [1.807, 2.05) is 6.20 Å². The van der Waals surface area contributed by atoms with Crippen LogP contribution in [0.1, 0.15) is 44.4 Å². The molecule has 1 heterocycles. The van der Waals surface area contributed by atoms with Gasteiger partial charge in [-0.1, -0.05) is 13.0 Å². The Morgan fingerprint density at radius 2 is 2.15 bits per heavy atom. The first-order valence-electron chi connectivity index (χ1n) is 7.97. The molecule has 0 spiro atoms. The summed E-state index contributed by atoms with van der Waals surface area (Å²) < 4.78 is 5.63. The molecule has 1 unspecified atom stereocenters. The summed E-state index contributed by atoms with van der Waals surface area (Å²) in [6, 6.07) is 4.90. The molecule has 1 aromatic heterocycles. The summed E-state index contributed by atoms with van der Waals surface area (Å²) in [7, 11) is 2.06. The van der Waals surface area contributed by atoms with Crippen LogP contribution < -0.4 is 5.32 Å². The van der Waals surface area contributed by atoms with Crippen LogP contribution in [0, 0.1) is 5.92 Å². The lowest BCUT2D eigenvalue weighted by molar-refractivity contribution is -0.0288. The van der Waals surface area contributed by atoms with Gasteiger partial charge in [0.25, 0.3) is 0 Å². The third-order valence-corrected chi connectivity index (χ3v) is 4.37. The van der Waals surface area contributed by atoms with E-state index in [-0.39, 0.29) is 0 Å². The van der Waals surface area contributed by atoms with E-state index in [1.165, 1.54) is 30.5 Å². The minimum Gasteiger partial charge on any atom is -0.378 e. The molecule has 2 rings (SSSR count). The number of hydrogen-bond acceptors (Lipinski definition) is 3. The first-order chi connectivity index (χ1) is 9.75. The van der Waals surface area contributed by atoms with Crippen molar-refractivity contribution >= 4 is 0 Å². The molecular weight excluding hydrogens is 248 g/mol. The van der Waals surface area contributed by atoms with Gasteiger partial charge in [0.1, 0.15) is 0 Å². The van der Waals surface area contributed by atoms with Gasteiger partial charge in [0.15, 0.2) is 0 Å². The van der Waals surface area contributed by atoms with Gasteiger partial charge in [-0.2, -0.15) is 0 Å². The molecule has 0 aromatic carbocycles.